The Labute approximate surface area is 128 Å². The maximum Gasteiger partial charge on any atom is 0.240 e. The molecular weight excluding hydrogens is 282 g/mol. The van der Waals surface area contributed by atoms with E-state index >= 15 is 0 Å². The van der Waals surface area contributed by atoms with Crippen LogP contribution < -0.4 is 5.32 Å². The summed E-state index contributed by atoms with van der Waals surface area (Å²) in [5.41, 5.74) is 1.30. The average molecular weight is 299 g/mol. The van der Waals surface area contributed by atoms with Crippen molar-refractivity contribution in [3.05, 3.63) is 35.4 Å². The van der Waals surface area contributed by atoms with Gasteiger partial charge in [-0.05, 0) is 17.7 Å². The van der Waals surface area contributed by atoms with Gasteiger partial charge in [-0.25, -0.2) is 0 Å². The molecule has 1 aliphatic rings. The highest BCUT2D eigenvalue weighted by Gasteiger charge is 2.42. The first kappa shape index (κ1) is 15.7. The molecule has 0 saturated carbocycles. The quantitative estimate of drug-likeness (QED) is 0.833. The summed E-state index contributed by atoms with van der Waals surface area (Å²) in [6.07, 6.45) is 0. The maximum absolute atomic E-state index is 11.9. The van der Waals surface area contributed by atoms with E-state index in [1.54, 1.807) is 38.1 Å². The van der Waals surface area contributed by atoms with Crippen molar-refractivity contribution in [3.8, 4) is 6.07 Å². The number of nitriles is 1. The van der Waals surface area contributed by atoms with Crippen molar-refractivity contribution in [2.75, 3.05) is 6.54 Å². The maximum atomic E-state index is 11.9. The lowest BCUT2D eigenvalue weighted by Crippen LogP contribution is -2.40. The Morgan fingerprint density at radius 3 is 2.50 bits per heavy atom. The predicted molar refractivity (Wildman–Crippen MR) is 78.1 cm³/mol. The lowest BCUT2D eigenvalue weighted by molar-refractivity contribution is -0.143. The van der Waals surface area contributed by atoms with E-state index in [4.69, 9.17) is 5.26 Å². The van der Waals surface area contributed by atoms with Crippen molar-refractivity contribution in [1.82, 2.24) is 10.2 Å². The third kappa shape index (κ3) is 3.14. The zero-order chi connectivity index (χ0) is 16.3. The summed E-state index contributed by atoms with van der Waals surface area (Å²) < 4.78 is 0. The number of benzene rings is 1. The van der Waals surface area contributed by atoms with Gasteiger partial charge in [0.25, 0.3) is 0 Å². The SMILES string of the molecule is CC1C(=O)N(CC(=O)NCc2cccc(C#N)c2)C(=O)C1C. The fraction of sp³-hybridized carbons (Fsp3) is 0.375. The molecule has 1 saturated heterocycles. The molecule has 0 spiro atoms. The molecule has 1 aromatic carbocycles. The van der Waals surface area contributed by atoms with Crippen molar-refractivity contribution in [3.63, 3.8) is 0 Å². The third-order valence-electron chi connectivity index (χ3n) is 3.91. The molecule has 6 heteroatoms. The van der Waals surface area contributed by atoms with Crippen LogP contribution in [0.2, 0.25) is 0 Å². The fourth-order valence-electron chi connectivity index (χ4n) is 2.33. The van der Waals surface area contributed by atoms with E-state index in [2.05, 4.69) is 5.32 Å². The number of amides is 3. The molecule has 22 heavy (non-hydrogen) atoms. The van der Waals surface area contributed by atoms with Crippen LogP contribution in [0.4, 0.5) is 0 Å². The number of hydrogen-bond acceptors (Lipinski definition) is 4. The van der Waals surface area contributed by atoms with Crippen LogP contribution in [0, 0.1) is 23.2 Å². The standard InChI is InChI=1S/C16H17N3O3/c1-10-11(2)16(22)19(15(10)21)9-14(20)18-8-13-5-3-4-12(6-13)7-17/h3-6,10-11H,8-9H2,1-2H3,(H,18,20). The van der Waals surface area contributed by atoms with Gasteiger partial charge in [-0.15, -0.1) is 0 Å². The van der Waals surface area contributed by atoms with Crippen LogP contribution in [0.3, 0.4) is 0 Å². The molecule has 2 atom stereocenters. The first-order valence-corrected chi connectivity index (χ1v) is 7.05. The summed E-state index contributed by atoms with van der Waals surface area (Å²) in [6.45, 7) is 3.37. The van der Waals surface area contributed by atoms with Crippen LogP contribution in [-0.4, -0.2) is 29.2 Å². The number of carbonyl (C=O) groups excluding carboxylic acids is 3. The predicted octanol–water partition coefficient (Wildman–Crippen LogP) is 0.815. The van der Waals surface area contributed by atoms with Crippen molar-refractivity contribution in [2.24, 2.45) is 11.8 Å². The van der Waals surface area contributed by atoms with Gasteiger partial charge in [0.1, 0.15) is 6.54 Å². The van der Waals surface area contributed by atoms with Gasteiger partial charge in [0.05, 0.1) is 11.6 Å². The van der Waals surface area contributed by atoms with E-state index in [1.807, 2.05) is 6.07 Å². The van der Waals surface area contributed by atoms with Crippen LogP contribution in [0.5, 0.6) is 0 Å². The van der Waals surface area contributed by atoms with E-state index in [-0.39, 0.29) is 36.7 Å². The summed E-state index contributed by atoms with van der Waals surface area (Å²) in [6, 6.07) is 8.90. The molecule has 0 aromatic heterocycles. The minimum atomic E-state index is -0.398. The highest BCUT2D eigenvalue weighted by atomic mass is 16.2. The van der Waals surface area contributed by atoms with Gasteiger partial charge in [0.15, 0.2) is 0 Å². The number of carbonyl (C=O) groups is 3. The van der Waals surface area contributed by atoms with Gasteiger partial charge in [-0.1, -0.05) is 26.0 Å². The number of imide groups is 1. The van der Waals surface area contributed by atoms with Crippen LogP contribution in [-0.2, 0) is 20.9 Å². The van der Waals surface area contributed by atoms with E-state index in [1.165, 1.54) is 0 Å². The lowest BCUT2D eigenvalue weighted by Gasteiger charge is -2.14. The Bertz CT molecular complexity index is 643. The highest BCUT2D eigenvalue weighted by molar-refractivity contribution is 6.06. The first-order chi connectivity index (χ1) is 10.4. The molecular formula is C16H17N3O3. The zero-order valence-electron chi connectivity index (χ0n) is 12.5. The molecule has 6 nitrogen and oxygen atoms in total. The van der Waals surface area contributed by atoms with Crippen LogP contribution >= 0.6 is 0 Å². The van der Waals surface area contributed by atoms with Gasteiger partial charge in [-0.3, -0.25) is 19.3 Å². The summed E-state index contributed by atoms with van der Waals surface area (Å²) in [5.74, 6) is -1.77. The van der Waals surface area contributed by atoms with Gasteiger partial charge >= 0.3 is 0 Å². The van der Waals surface area contributed by atoms with Crippen molar-refractivity contribution in [1.29, 1.82) is 5.26 Å². The Balaban J connectivity index is 1.92. The van der Waals surface area contributed by atoms with Crippen molar-refractivity contribution >= 4 is 17.7 Å². The minimum absolute atomic E-state index is 0.246. The van der Waals surface area contributed by atoms with Crippen LogP contribution in [0.1, 0.15) is 25.0 Å². The molecule has 0 radical (unpaired) electrons. The molecule has 0 bridgehead atoms. The average Bonchev–Trinajstić information content (AvgIpc) is 2.71. The lowest BCUT2D eigenvalue weighted by atomic mass is 10.00. The number of likely N-dealkylation sites (tertiary alicyclic amines) is 1. The number of nitrogens with zero attached hydrogens (tertiary/aromatic N) is 2. The normalized spacial score (nSPS) is 20.9. The van der Waals surface area contributed by atoms with Gasteiger partial charge in [0, 0.05) is 18.4 Å². The molecule has 2 unspecified atom stereocenters. The third-order valence-corrected chi connectivity index (χ3v) is 3.91. The molecule has 114 valence electrons. The molecule has 2 rings (SSSR count). The molecule has 0 aliphatic carbocycles. The molecule has 3 amide bonds. The van der Waals surface area contributed by atoms with Gasteiger partial charge < -0.3 is 5.32 Å². The molecule has 1 aliphatic heterocycles. The Morgan fingerprint density at radius 2 is 1.91 bits per heavy atom. The van der Waals surface area contributed by atoms with E-state index in [9.17, 15) is 14.4 Å². The number of hydrogen-bond donors (Lipinski definition) is 1. The van der Waals surface area contributed by atoms with Gasteiger partial charge in [0.2, 0.25) is 17.7 Å². The molecule has 1 aromatic rings. The Hall–Kier alpha value is -2.68. The highest BCUT2D eigenvalue weighted by Crippen LogP contribution is 2.24. The summed E-state index contributed by atoms with van der Waals surface area (Å²) >= 11 is 0. The van der Waals surface area contributed by atoms with E-state index in [0.717, 1.165) is 10.5 Å². The summed E-state index contributed by atoms with van der Waals surface area (Å²) in [7, 11) is 0. The largest absolute Gasteiger partial charge is 0.350 e. The molecule has 1 fully saturated rings. The zero-order valence-corrected chi connectivity index (χ0v) is 12.5. The summed E-state index contributed by atoms with van der Waals surface area (Å²) in [4.78, 5) is 36.7. The smallest absolute Gasteiger partial charge is 0.240 e. The summed E-state index contributed by atoms with van der Waals surface area (Å²) in [5, 5.41) is 11.5. The molecule has 1 N–H and O–H groups in total. The Kier molecular flexibility index (Phi) is 4.56. The van der Waals surface area contributed by atoms with E-state index in [0.29, 0.717) is 5.56 Å². The first-order valence-electron chi connectivity index (χ1n) is 7.05. The number of nitrogens with one attached hydrogen (secondary N) is 1. The minimum Gasteiger partial charge on any atom is -0.350 e. The topological polar surface area (TPSA) is 90.3 Å². The van der Waals surface area contributed by atoms with Crippen molar-refractivity contribution in [2.45, 2.75) is 20.4 Å². The fourth-order valence-corrected chi connectivity index (χ4v) is 2.33. The second-order valence-electron chi connectivity index (χ2n) is 5.43. The van der Waals surface area contributed by atoms with Crippen LogP contribution in [0.25, 0.3) is 0 Å². The molecule has 1 heterocycles. The second kappa shape index (κ2) is 6.39. The monoisotopic (exact) mass is 299 g/mol. The van der Waals surface area contributed by atoms with E-state index < -0.39 is 5.91 Å². The number of rotatable bonds is 4. The van der Waals surface area contributed by atoms with Gasteiger partial charge in [-0.2, -0.15) is 5.26 Å². The Morgan fingerprint density at radius 1 is 1.27 bits per heavy atom. The second-order valence-corrected chi connectivity index (χ2v) is 5.43. The van der Waals surface area contributed by atoms with Crippen molar-refractivity contribution < 1.29 is 14.4 Å². The van der Waals surface area contributed by atoms with Crippen LogP contribution in [0.15, 0.2) is 24.3 Å².